The largest absolute Gasteiger partial charge is 0.380 e. The fourth-order valence-corrected chi connectivity index (χ4v) is 1.29. The average Bonchev–Trinajstić information content (AvgIpc) is 1.93. The summed E-state index contributed by atoms with van der Waals surface area (Å²) < 4.78 is 5.19. The van der Waals surface area contributed by atoms with Gasteiger partial charge in [0.2, 0.25) is 0 Å². The van der Waals surface area contributed by atoms with Crippen molar-refractivity contribution in [3.05, 3.63) is 12.2 Å². The number of ketones is 1. The van der Waals surface area contributed by atoms with Crippen LogP contribution < -0.4 is 0 Å². The maximum Gasteiger partial charge on any atom is 0.140 e. The SMILES string of the molecule is C=C(C)CC1COCCC1=O. The zero-order valence-electron chi connectivity index (χ0n) is 6.93. The highest BCUT2D eigenvalue weighted by Crippen LogP contribution is 2.16. The highest BCUT2D eigenvalue weighted by molar-refractivity contribution is 5.82. The Balaban J connectivity index is 2.42. The Morgan fingerprint density at radius 3 is 3.09 bits per heavy atom. The quantitative estimate of drug-likeness (QED) is 0.564. The lowest BCUT2D eigenvalue weighted by atomic mass is 9.94. The molecule has 0 spiro atoms. The fourth-order valence-electron chi connectivity index (χ4n) is 1.29. The molecule has 0 aliphatic carbocycles. The standard InChI is InChI=1S/C9H14O2/c1-7(2)5-8-6-11-4-3-9(8)10/h8H,1,3-6H2,2H3. The van der Waals surface area contributed by atoms with Gasteiger partial charge >= 0.3 is 0 Å². The van der Waals surface area contributed by atoms with E-state index in [1.54, 1.807) is 0 Å². The summed E-state index contributed by atoms with van der Waals surface area (Å²) in [6.45, 7) is 6.91. The van der Waals surface area contributed by atoms with Gasteiger partial charge in [-0.1, -0.05) is 5.57 Å². The van der Waals surface area contributed by atoms with Crippen molar-refractivity contribution >= 4 is 5.78 Å². The second-order valence-corrected chi connectivity index (χ2v) is 3.15. The van der Waals surface area contributed by atoms with Crippen LogP contribution in [0.1, 0.15) is 19.8 Å². The normalized spacial score (nSPS) is 25.2. The molecular formula is C9H14O2. The molecule has 62 valence electrons. The monoisotopic (exact) mass is 154 g/mol. The van der Waals surface area contributed by atoms with Crippen LogP contribution in [0.25, 0.3) is 0 Å². The molecule has 0 aromatic rings. The molecule has 1 atom stereocenters. The van der Waals surface area contributed by atoms with E-state index < -0.39 is 0 Å². The Hall–Kier alpha value is -0.630. The molecule has 1 saturated heterocycles. The van der Waals surface area contributed by atoms with Crippen molar-refractivity contribution in [2.24, 2.45) is 5.92 Å². The van der Waals surface area contributed by atoms with Gasteiger partial charge in [-0.3, -0.25) is 4.79 Å². The number of Topliss-reactive ketones (excluding diaryl/α,β-unsaturated/α-hetero) is 1. The lowest BCUT2D eigenvalue weighted by Crippen LogP contribution is -2.27. The molecule has 11 heavy (non-hydrogen) atoms. The molecule has 1 fully saturated rings. The summed E-state index contributed by atoms with van der Waals surface area (Å²) in [5.74, 6) is 0.417. The maximum absolute atomic E-state index is 11.2. The molecular weight excluding hydrogens is 140 g/mol. The minimum atomic E-state index is 0.0845. The number of hydrogen-bond acceptors (Lipinski definition) is 2. The van der Waals surface area contributed by atoms with Crippen LogP contribution in [0.3, 0.4) is 0 Å². The van der Waals surface area contributed by atoms with Crippen molar-refractivity contribution in [1.29, 1.82) is 0 Å². The summed E-state index contributed by atoms with van der Waals surface area (Å²) in [6.07, 6.45) is 1.37. The van der Waals surface area contributed by atoms with Crippen molar-refractivity contribution in [2.45, 2.75) is 19.8 Å². The molecule has 0 saturated carbocycles. The van der Waals surface area contributed by atoms with E-state index in [2.05, 4.69) is 6.58 Å². The van der Waals surface area contributed by atoms with Gasteiger partial charge in [0.1, 0.15) is 5.78 Å². The first-order chi connectivity index (χ1) is 5.20. The third-order valence-electron chi connectivity index (χ3n) is 1.86. The van der Waals surface area contributed by atoms with E-state index >= 15 is 0 Å². The highest BCUT2D eigenvalue weighted by atomic mass is 16.5. The highest BCUT2D eigenvalue weighted by Gasteiger charge is 2.22. The molecule has 2 heteroatoms. The summed E-state index contributed by atoms with van der Waals surface area (Å²) in [7, 11) is 0. The Morgan fingerprint density at radius 2 is 2.55 bits per heavy atom. The van der Waals surface area contributed by atoms with E-state index in [0.29, 0.717) is 25.4 Å². The third-order valence-corrected chi connectivity index (χ3v) is 1.86. The Labute approximate surface area is 67.2 Å². The number of ether oxygens (including phenoxy) is 1. The lowest BCUT2D eigenvalue weighted by molar-refractivity contribution is -0.130. The van der Waals surface area contributed by atoms with Crippen LogP contribution in [0.15, 0.2) is 12.2 Å². The van der Waals surface area contributed by atoms with E-state index in [9.17, 15) is 4.79 Å². The lowest BCUT2D eigenvalue weighted by Gasteiger charge is -2.20. The molecule has 0 N–H and O–H groups in total. The van der Waals surface area contributed by atoms with Crippen LogP contribution in [0.2, 0.25) is 0 Å². The first-order valence-electron chi connectivity index (χ1n) is 3.95. The van der Waals surface area contributed by atoms with E-state index in [-0.39, 0.29) is 5.92 Å². The Kier molecular flexibility index (Phi) is 2.83. The summed E-state index contributed by atoms with van der Waals surface area (Å²) >= 11 is 0. The van der Waals surface area contributed by atoms with Crippen LogP contribution >= 0.6 is 0 Å². The molecule has 1 aliphatic rings. The molecule has 0 aromatic heterocycles. The molecule has 0 radical (unpaired) electrons. The van der Waals surface area contributed by atoms with Gasteiger partial charge in [-0.25, -0.2) is 0 Å². The number of hydrogen-bond donors (Lipinski definition) is 0. The number of carbonyl (C=O) groups excluding carboxylic acids is 1. The minimum absolute atomic E-state index is 0.0845. The molecule has 1 heterocycles. The Bertz CT molecular complexity index is 172. The fraction of sp³-hybridized carbons (Fsp3) is 0.667. The van der Waals surface area contributed by atoms with Gasteiger partial charge in [-0.15, -0.1) is 6.58 Å². The molecule has 0 aromatic carbocycles. The van der Waals surface area contributed by atoms with Crippen molar-refractivity contribution in [3.63, 3.8) is 0 Å². The van der Waals surface area contributed by atoms with Crippen molar-refractivity contribution in [3.8, 4) is 0 Å². The van der Waals surface area contributed by atoms with Gasteiger partial charge < -0.3 is 4.74 Å². The number of rotatable bonds is 2. The van der Waals surface area contributed by atoms with E-state index in [1.807, 2.05) is 6.92 Å². The van der Waals surface area contributed by atoms with Gasteiger partial charge in [0.25, 0.3) is 0 Å². The van der Waals surface area contributed by atoms with Crippen LogP contribution in [0, 0.1) is 5.92 Å². The average molecular weight is 154 g/mol. The Morgan fingerprint density at radius 1 is 1.82 bits per heavy atom. The van der Waals surface area contributed by atoms with Gasteiger partial charge in [-0.05, 0) is 13.3 Å². The number of carbonyl (C=O) groups is 1. The van der Waals surface area contributed by atoms with Crippen molar-refractivity contribution in [2.75, 3.05) is 13.2 Å². The smallest absolute Gasteiger partial charge is 0.140 e. The molecule has 1 aliphatic heterocycles. The summed E-state index contributed by atoms with van der Waals surface area (Å²) in [5.41, 5.74) is 1.06. The predicted molar refractivity (Wildman–Crippen MR) is 43.4 cm³/mol. The molecule has 0 amide bonds. The first kappa shape index (κ1) is 8.47. The van der Waals surface area contributed by atoms with Gasteiger partial charge in [0, 0.05) is 12.3 Å². The van der Waals surface area contributed by atoms with E-state index in [0.717, 1.165) is 12.0 Å². The number of allylic oxidation sites excluding steroid dienone is 1. The second kappa shape index (κ2) is 3.67. The summed E-state index contributed by atoms with van der Waals surface area (Å²) in [4.78, 5) is 11.2. The summed E-state index contributed by atoms with van der Waals surface area (Å²) in [5, 5.41) is 0. The first-order valence-corrected chi connectivity index (χ1v) is 3.95. The maximum atomic E-state index is 11.2. The van der Waals surface area contributed by atoms with Crippen LogP contribution in [0.5, 0.6) is 0 Å². The molecule has 1 rings (SSSR count). The zero-order valence-corrected chi connectivity index (χ0v) is 6.93. The third kappa shape index (κ3) is 2.46. The molecule has 0 bridgehead atoms. The van der Waals surface area contributed by atoms with E-state index in [4.69, 9.17) is 4.74 Å². The van der Waals surface area contributed by atoms with Gasteiger partial charge in [0.05, 0.1) is 13.2 Å². The van der Waals surface area contributed by atoms with Crippen molar-refractivity contribution < 1.29 is 9.53 Å². The molecule has 2 nitrogen and oxygen atoms in total. The minimum Gasteiger partial charge on any atom is -0.380 e. The molecule has 1 unspecified atom stereocenters. The zero-order chi connectivity index (χ0) is 8.27. The topological polar surface area (TPSA) is 26.3 Å². The predicted octanol–water partition coefficient (Wildman–Crippen LogP) is 1.56. The van der Waals surface area contributed by atoms with Crippen LogP contribution in [-0.4, -0.2) is 19.0 Å². The second-order valence-electron chi connectivity index (χ2n) is 3.15. The summed E-state index contributed by atoms with van der Waals surface area (Å²) in [6, 6.07) is 0. The van der Waals surface area contributed by atoms with E-state index in [1.165, 1.54) is 0 Å². The van der Waals surface area contributed by atoms with Gasteiger partial charge in [0.15, 0.2) is 0 Å². The van der Waals surface area contributed by atoms with Crippen LogP contribution in [-0.2, 0) is 9.53 Å². The van der Waals surface area contributed by atoms with Crippen LogP contribution in [0.4, 0.5) is 0 Å². The van der Waals surface area contributed by atoms with Gasteiger partial charge in [-0.2, -0.15) is 0 Å². The van der Waals surface area contributed by atoms with Crippen molar-refractivity contribution in [1.82, 2.24) is 0 Å².